The molecule has 0 saturated carbocycles. The molecule has 0 unspecified atom stereocenters. The Kier molecular flexibility index (Phi) is 25.0. The van der Waals surface area contributed by atoms with Gasteiger partial charge in [-0.05, 0) is 32.1 Å². The number of allylic oxidation sites excluding steroid dienone is 4. The molecule has 0 aromatic heterocycles. The third kappa shape index (κ3) is 25.5. The second kappa shape index (κ2) is 25.5. The molecule has 0 aromatic rings. The van der Waals surface area contributed by atoms with Crippen LogP contribution in [0.3, 0.4) is 0 Å². The van der Waals surface area contributed by atoms with Crippen LogP contribution in [0.5, 0.6) is 0 Å². The van der Waals surface area contributed by atoms with Crippen molar-refractivity contribution in [2.75, 3.05) is 0 Å². The lowest BCUT2D eigenvalue weighted by molar-refractivity contribution is 0.566. The number of hydrogen-bond acceptors (Lipinski definition) is 0. The zero-order chi connectivity index (χ0) is 19.7. The van der Waals surface area contributed by atoms with Gasteiger partial charge in [0.1, 0.15) is 0 Å². The van der Waals surface area contributed by atoms with E-state index in [4.69, 9.17) is 0 Å². The third-order valence-electron chi connectivity index (χ3n) is 5.55. The van der Waals surface area contributed by atoms with Crippen molar-refractivity contribution in [2.24, 2.45) is 0 Å². The van der Waals surface area contributed by atoms with Crippen LogP contribution >= 0.6 is 0 Å². The van der Waals surface area contributed by atoms with Crippen LogP contribution in [0.15, 0.2) is 24.3 Å². The molecule has 0 heteroatoms. The molecule has 0 saturated heterocycles. The fourth-order valence-electron chi connectivity index (χ4n) is 3.65. The highest BCUT2D eigenvalue weighted by molar-refractivity contribution is 4.92. The van der Waals surface area contributed by atoms with E-state index in [1.54, 1.807) is 0 Å². The lowest BCUT2D eigenvalue weighted by Gasteiger charge is -2.00. The van der Waals surface area contributed by atoms with Crippen LogP contribution in [0.2, 0.25) is 0 Å². The van der Waals surface area contributed by atoms with E-state index in [1.807, 2.05) is 0 Å². The second-order valence-corrected chi connectivity index (χ2v) is 8.41. The Balaban J connectivity index is 3.14. The highest BCUT2D eigenvalue weighted by Gasteiger charge is 1.92. The molecular formula is C27H52. The van der Waals surface area contributed by atoms with Crippen LogP contribution in [0.4, 0.5) is 0 Å². The van der Waals surface area contributed by atoms with Gasteiger partial charge in [0.2, 0.25) is 0 Å². The zero-order valence-corrected chi connectivity index (χ0v) is 19.2. The summed E-state index contributed by atoms with van der Waals surface area (Å²) in [4.78, 5) is 0. The maximum Gasteiger partial charge on any atom is -0.0169 e. The fraction of sp³-hybridized carbons (Fsp3) is 0.852. The molecule has 0 fully saturated rings. The summed E-state index contributed by atoms with van der Waals surface area (Å²) in [6.07, 6.45) is 38.9. The smallest absolute Gasteiger partial charge is 0.0169 e. The van der Waals surface area contributed by atoms with E-state index in [-0.39, 0.29) is 0 Å². The summed E-state index contributed by atoms with van der Waals surface area (Å²) in [7, 11) is 0. The number of unbranched alkanes of at least 4 members (excludes halogenated alkanes) is 18. The van der Waals surface area contributed by atoms with Crippen molar-refractivity contribution in [1.29, 1.82) is 0 Å². The SMILES string of the molecule is CCCCCCCCCCC/C=C\C/C=C\CCCCCCCCCCC. The predicted octanol–water partition coefficient (Wildman–Crippen LogP) is 10.3. The zero-order valence-electron chi connectivity index (χ0n) is 19.2. The van der Waals surface area contributed by atoms with Crippen LogP contribution in [-0.2, 0) is 0 Å². The van der Waals surface area contributed by atoms with Crippen LogP contribution in [-0.4, -0.2) is 0 Å². The average Bonchev–Trinajstić information content (AvgIpc) is 2.68. The Morgan fingerprint density at radius 1 is 0.333 bits per heavy atom. The summed E-state index contributed by atoms with van der Waals surface area (Å²) < 4.78 is 0. The molecule has 0 amide bonds. The average molecular weight is 377 g/mol. The molecule has 0 N–H and O–H groups in total. The molecule has 160 valence electrons. The maximum atomic E-state index is 2.39. The van der Waals surface area contributed by atoms with Gasteiger partial charge in [0.25, 0.3) is 0 Å². The molecule has 0 aliphatic rings. The molecule has 0 aromatic carbocycles. The van der Waals surface area contributed by atoms with E-state index in [2.05, 4.69) is 38.2 Å². The third-order valence-corrected chi connectivity index (χ3v) is 5.55. The van der Waals surface area contributed by atoms with Crippen molar-refractivity contribution in [2.45, 2.75) is 149 Å². The minimum absolute atomic E-state index is 1.13. The Morgan fingerprint density at radius 2 is 0.630 bits per heavy atom. The Morgan fingerprint density at radius 3 is 0.963 bits per heavy atom. The van der Waals surface area contributed by atoms with Crippen LogP contribution in [0.1, 0.15) is 149 Å². The van der Waals surface area contributed by atoms with Crippen molar-refractivity contribution in [3.63, 3.8) is 0 Å². The quantitative estimate of drug-likeness (QED) is 0.130. The van der Waals surface area contributed by atoms with Gasteiger partial charge in [-0.15, -0.1) is 0 Å². The first-order valence-corrected chi connectivity index (χ1v) is 12.7. The summed E-state index contributed by atoms with van der Waals surface area (Å²) in [6.45, 7) is 4.59. The van der Waals surface area contributed by atoms with Crippen molar-refractivity contribution >= 4 is 0 Å². The number of hydrogen-bond donors (Lipinski definition) is 0. The van der Waals surface area contributed by atoms with Gasteiger partial charge in [-0.1, -0.05) is 141 Å². The first-order valence-electron chi connectivity index (χ1n) is 12.7. The largest absolute Gasteiger partial charge is 0.0882 e. The van der Waals surface area contributed by atoms with Gasteiger partial charge in [0, 0.05) is 0 Å². The molecule has 0 nitrogen and oxygen atoms in total. The van der Waals surface area contributed by atoms with Gasteiger partial charge in [-0.3, -0.25) is 0 Å². The minimum Gasteiger partial charge on any atom is -0.0882 e. The van der Waals surface area contributed by atoms with Crippen molar-refractivity contribution in [3.8, 4) is 0 Å². The Hall–Kier alpha value is -0.520. The van der Waals surface area contributed by atoms with Crippen molar-refractivity contribution in [3.05, 3.63) is 24.3 Å². The van der Waals surface area contributed by atoms with Crippen molar-refractivity contribution in [1.82, 2.24) is 0 Å². The van der Waals surface area contributed by atoms with Gasteiger partial charge < -0.3 is 0 Å². The monoisotopic (exact) mass is 376 g/mol. The highest BCUT2D eigenvalue weighted by Crippen LogP contribution is 2.12. The minimum atomic E-state index is 1.13. The van der Waals surface area contributed by atoms with E-state index in [0.717, 1.165) is 6.42 Å². The molecule has 0 rings (SSSR count). The molecule has 0 bridgehead atoms. The summed E-state index contributed by atoms with van der Waals surface area (Å²) in [5, 5.41) is 0. The molecule has 0 radical (unpaired) electrons. The number of rotatable bonds is 22. The second-order valence-electron chi connectivity index (χ2n) is 8.41. The van der Waals surface area contributed by atoms with Gasteiger partial charge in [-0.25, -0.2) is 0 Å². The van der Waals surface area contributed by atoms with E-state index in [9.17, 15) is 0 Å². The summed E-state index contributed by atoms with van der Waals surface area (Å²) >= 11 is 0. The molecule has 0 spiro atoms. The lowest BCUT2D eigenvalue weighted by Crippen LogP contribution is -1.81. The van der Waals surface area contributed by atoms with Gasteiger partial charge >= 0.3 is 0 Å². The first-order chi connectivity index (χ1) is 13.4. The van der Waals surface area contributed by atoms with E-state index in [1.165, 1.54) is 128 Å². The van der Waals surface area contributed by atoms with E-state index >= 15 is 0 Å². The highest BCUT2D eigenvalue weighted by atomic mass is 14.0. The summed E-state index contributed by atoms with van der Waals surface area (Å²) in [5.74, 6) is 0. The van der Waals surface area contributed by atoms with Gasteiger partial charge in [0.15, 0.2) is 0 Å². The lowest BCUT2D eigenvalue weighted by atomic mass is 10.1. The van der Waals surface area contributed by atoms with Gasteiger partial charge in [0.05, 0.1) is 0 Å². The maximum absolute atomic E-state index is 2.39. The first kappa shape index (κ1) is 26.5. The van der Waals surface area contributed by atoms with Gasteiger partial charge in [-0.2, -0.15) is 0 Å². The summed E-state index contributed by atoms with van der Waals surface area (Å²) in [6, 6.07) is 0. The van der Waals surface area contributed by atoms with Crippen LogP contribution in [0.25, 0.3) is 0 Å². The summed E-state index contributed by atoms with van der Waals surface area (Å²) in [5.41, 5.74) is 0. The van der Waals surface area contributed by atoms with E-state index < -0.39 is 0 Å². The van der Waals surface area contributed by atoms with Crippen LogP contribution < -0.4 is 0 Å². The molecule has 0 aliphatic carbocycles. The van der Waals surface area contributed by atoms with Crippen molar-refractivity contribution < 1.29 is 0 Å². The molecule has 0 heterocycles. The predicted molar refractivity (Wildman–Crippen MR) is 127 cm³/mol. The topological polar surface area (TPSA) is 0 Å². The molecule has 0 aliphatic heterocycles. The Bertz CT molecular complexity index is 269. The van der Waals surface area contributed by atoms with E-state index in [0.29, 0.717) is 0 Å². The fourth-order valence-corrected chi connectivity index (χ4v) is 3.65. The molecular weight excluding hydrogens is 324 g/mol. The molecule has 27 heavy (non-hydrogen) atoms. The Labute approximate surface area is 173 Å². The van der Waals surface area contributed by atoms with Crippen LogP contribution in [0, 0.1) is 0 Å². The standard InChI is InChI=1S/C27H52/c1-3-5-7-9-11-13-15-17-19-21-23-25-27-26-24-22-20-18-16-14-12-10-8-6-4-2/h23-26H,3-22,27H2,1-2H3/b25-23-,26-24-. The normalized spacial score (nSPS) is 11.9. The molecule has 0 atom stereocenters.